The summed E-state index contributed by atoms with van der Waals surface area (Å²) in [6, 6.07) is 0. The lowest BCUT2D eigenvalue weighted by atomic mass is 9.76. The number of carboxylic acids is 1. The van der Waals surface area contributed by atoms with Gasteiger partial charge in [-0.15, -0.1) is 6.58 Å². The lowest BCUT2D eigenvalue weighted by Gasteiger charge is -2.38. The van der Waals surface area contributed by atoms with Crippen molar-refractivity contribution in [2.45, 2.75) is 64.5 Å². The van der Waals surface area contributed by atoms with Crippen LogP contribution in [0.4, 0.5) is 4.79 Å². The Morgan fingerprint density at radius 2 is 2.14 bits per heavy atom. The molecular weight excluding hydrogens is 270 g/mol. The van der Waals surface area contributed by atoms with E-state index in [1.807, 2.05) is 0 Å². The number of alkyl carbamates (subject to hydrolysis) is 1. The number of amides is 1. The zero-order valence-electron chi connectivity index (χ0n) is 13.4. The number of hydrogen-bond donors (Lipinski definition) is 2. The summed E-state index contributed by atoms with van der Waals surface area (Å²) in [5, 5.41) is 12.2. The van der Waals surface area contributed by atoms with E-state index in [4.69, 9.17) is 4.74 Å². The van der Waals surface area contributed by atoms with E-state index in [9.17, 15) is 14.7 Å². The van der Waals surface area contributed by atoms with Gasteiger partial charge in [0.05, 0.1) is 11.5 Å². The Labute approximate surface area is 126 Å². The van der Waals surface area contributed by atoms with E-state index < -0.39 is 29.1 Å². The summed E-state index contributed by atoms with van der Waals surface area (Å²) in [5.74, 6) is -1.45. The second-order valence-electron chi connectivity index (χ2n) is 6.90. The predicted molar refractivity (Wildman–Crippen MR) is 81.1 cm³/mol. The third kappa shape index (κ3) is 4.48. The van der Waals surface area contributed by atoms with E-state index in [0.717, 1.165) is 19.3 Å². The maximum atomic E-state index is 12.1. The van der Waals surface area contributed by atoms with Crippen molar-refractivity contribution in [1.29, 1.82) is 0 Å². The standard InChI is InChI=1S/C16H27NO4/c1-6-9-16(17-14(20)21-15(3,4)5)10-7-8-12(16)11(2)13(18)19/h6,11-12H,1,7-10H2,2-5H3,(H,17,20)(H,18,19)/t11-,12-,16-/m1/s1. The topological polar surface area (TPSA) is 75.6 Å². The van der Waals surface area contributed by atoms with E-state index in [2.05, 4.69) is 11.9 Å². The van der Waals surface area contributed by atoms with Crippen molar-refractivity contribution >= 4 is 12.1 Å². The monoisotopic (exact) mass is 297 g/mol. The Kier molecular flexibility index (Phi) is 5.42. The van der Waals surface area contributed by atoms with Crippen LogP contribution >= 0.6 is 0 Å². The van der Waals surface area contributed by atoms with Crippen molar-refractivity contribution in [3.05, 3.63) is 12.7 Å². The van der Waals surface area contributed by atoms with Crippen molar-refractivity contribution in [3.8, 4) is 0 Å². The summed E-state index contributed by atoms with van der Waals surface area (Å²) in [5.41, 5.74) is -1.14. The quantitative estimate of drug-likeness (QED) is 0.763. The molecular formula is C16H27NO4. The van der Waals surface area contributed by atoms with Gasteiger partial charge in [0.2, 0.25) is 0 Å². The largest absolute Gasteiger partial charge is 0.481 e. The second-order valence-corrected chi connectivity index (χ2v) is 6.90. The average molecular weight is 297 g/mol. The molecule has 0 bridgehead atoms. The molecule has 1 amide bonds. The van der Waals surface area contributed by atoms with Gasteiger partial charge in [0.1, 0.15) is 5.60 Å². The van der Waals surface area contributed by atoms with Crippen LogP contribution in [0.15, 0.2) is 12.7 Å². The summed E-state index contributed by atoms with van der Waals surface area (Å²) in [7, 11) is 0. The Balaban J connectivity index is 2.94. The highest BCUT2D eigenvalue weighted by atomic mass is 16.6. The maximum Gasteiger partial charge on any atom is 0.408 e. The van der Waals surface area contributed by atoms with Gasteiger partial charge in [-0.3, -0.25) is 4.79 Å². The first kappa shape index (κ1) is 17.5. The zero-order valence-corrected chi connectivity index (χ0v) is 13.4. The fraction of sp³-hybridized carbons (Fsp3) is 0.750. The van der Waals surface area contributed by atoms with Crippen molar-refractivity contribution in [2.75, 3.05) is 0 Å². The van der Waals surface area contributed by atoms with Crippen LogP contribution in [0, 0.1) is 11.8 Å². The Morgan fingerprint density at radius 1 is 1.52 bits per heavy atom. The molecule has 0 spiro atoms. The number of carbonyl (C=O) groups is 2. The van der Waals surface area contributed by atoms with Gasteiger partial charge in [-0.1, -0.05) is 19.4 Å². The molecule has 0 aromatic heterocycles. The summed E-state index contributed by atoms with van der Waals surface area (Å²) < 4.78 is 5.33. The zero-order chi connectivity index (χ0) is 16.3. The number of hydrogen-bond acceptors (Lipinski definition) is 3. The average Bonchev–Trinajstić information content (AvgIpc) is 2.69. The van der Waals surface area contributed by atoms with Crippen molar-refractivity contribution < 1.29 is 19.4 Å². The van der Waals surface area contributed by atoms with E-state index in [-0.39, 0.29) is 5.92 Å². The van der Waals surface area contributed by atoms with Crippen LogP contribution in [-0.2, 0) is 9.53 Å². The molecule has 1 rings (SSSR count). The van der Waals surface area contributed by atoms with Crippen LogP contribution in [0.2, 0.25) is 0 Å². The highest BCUT2D eigenvalue weighted by Gasteiger charge is 2.47. The summed E-state index contributed by atoms with van der Waals surface area (Å²) in [4.78, 5) is 23.4. The fourth-order valence-corrected chi connectivity index (χ4v) is 3.22. The number of nitrogens with one attached hydrogen (secondary N) is 1. The van der Waals surface area contributed by atoms with Crippen molar-refractivity contribution in [1.82, 2.24) is 5.32 Å². The van der Waals surface area contributed by atoms with Gasteiger partial charge in [0, 0.05) is 0 Å². The van der Waals surface area contributed by atoms with Gasteiger partial charge in [-0.05, 0) is 46.0 Å². The minimum Gasteiger partial charge on any atom is -0.481 e. The number of aliphatic carboxylic acids is 1. The maximum absolute atomic E-state index is 12.1. The van der Waals surface area contributed by atoms with Gasteiger partial charge in [0.15, 0.2) is 0 Å². The molecule has 21 heavy (non-hydrogen) atoms. The van der Waals surface area contributed by atoms with Crippen LogP contribution < -0.4 is 5.32 Å². The minimum absolute atomic E-state index is 0.111. The van der Waals surface area contributed by atoms with E-state index in [1.54, 1.807) is 33.8 Å². The fourth-order valence-electron chi connectivity index (χ4n) is 3.22. The molecule has 1 fully saturated rings. The van der Waals surface area contributed by atoms with Crippen molar-refractivity contribution in [2.24, 2.45) is 11.8 Å². The smallest absolute Gasteiger partial charge is 0.408 e. The first-order valence-corrected chi connectivity index (χ1v) is 7.46. The molecule has 3 atom stereocenters. The molecule has 2 N–H and O–H groups in total. The van der Waals surface area contributed by atoms with Crippen LogP contribution in [0.3, 0.4) is 0 Å². The third-order valence-electron chi connectivity index (χ3n) is 4.10. The number of ether oxygens (including phenoxy) is 1. The Morgan fingerprint density at radius 3 is 2.62 bits per heavy atom. The summed E-state index contributed by atoms with van der Waals surface area (Å²) in [6.07, 6.45) is 4.23. The van der Waals surface area contributed by atoms with Gasteiger partial charge in [-0.2, -0.15) is 0 Å². The predicted octanol–water partition coefficient (Wildman–Crippen LogP) is 3.35. The molecule has 0 aliphatic heterocycles. The number of carboxylic acid groups (broad SMARTS) is 1. The van der Waals surface area contributed by atoms with E-state index in [1.165, 1.54) is 0 Å². The molecule has 1 saturated carbocycles. The number of carbonyl (C=O) groups excluding carboxylic acids is 1. The lowest BCUT2D eigenvalue weighted by molar-refractivity contribution is -0.144. The Hall–Kier alpha value is -1.52. The van der Waals surface area contributed by atoms with Crippen LogP contribution in [0.1, 0.15) is 53.4 Å². The molecule has 0 unspecified atom stereocenters. The highest BCUT2D eigenvalue weighted by Crippen LogP contribution is 2.43. The van der Waals surface area contributed by atoms with Gasteiger partial charge >= 0.3 is 12.1 Å². The second kappa shape index (κ2) is 6.50. The summed E-state index contributed by atoms with van der Waals surface area (Å²) in [6.45, 7) is 10.9. The number of rotatable bonds is 5. The molecule has 0 aromatic carbocycles. The first-order valence-electron chi connectivity index (χ1n) is 7.46. The van der Waals surface area contributed by atoms with Crippen LogP contribution in [0.25, 0.3) is 0 Å². The SMILES string of the molecule is C=CC[C@@]1(NC(=O)OC(C)(C)C)CCC[C@@H]1[C@@H](C)C(=O)O. The first-order chi connectivity index (χ1) is 9.61. The highest BCUT2D eigenvalue weighted by molar-refractivity contribution is 5.72. The molecule has 0 aromatic rings. The normalized spacial score (nSPS) is 27.0. The Bertz CT molecular complexity index is 413. The third-order valence-corrected chi connectivity index (χ3v) is 4.10. The minimum atomic E-state index is -0.832. The molecule has 0 heterocycles. The summed E-state index contributed by atoms with van der Waals surface area (Å²) >= 11 is 0. The molecule has 120 valence electrons. The molecule has 5 nitrogen and oxygen atoms in total. The van der Waals surface area contributed by atoms with Gasteiger partial charge in [-0.25, -0.2) is 4.79 Å². The van der Waals surface area contributed by atoms with E-state index in [0.29, 0.717) is 6.42 Å². The van der Waals surface area contributed by atoms with Crippen LogP contribution in [0.5, 0.6) is 0 Å². The molecule has 0 saturated heterocycles. The van der Waals surface area contributed by atoms with Crippen LogP contribution in [-0.4, -0.2) is 28.3 Å². The molecule has 1 aliphatic carbocycles. The molecule has 5 heteroatoms. The molecule has 0 radical (unpaired) electrons. The van der Waals surface area contributed by atoms with Gasteiger partial charge < -0.3 is 15.2 Å². The molecule has 1 aliphatic rings. The van der Waals surface area contributed by atoms with Crippen molar-refractivity contribution in [3.63, 3.8) is 0 Å². The lowest BCUT2D eigenvalue weighted by Crippen LogP contribution is -2.54. The van der Waals surface area contributed by atoms with Gasteiger partial charge in [0.25, 0.3) is 0 Å². The van der Waals surface area contributed by atoms with E-state index >= 15 is 0 Å².